The van der Waals surface area contributed by atoms with E-state index in [0.717, 1.165) is 12.8 Å². The smallest absolute Gasteiger partial charge is 0.336 e. The highest BCUT2D eigenvalue weighted by Gasteiger charge is 2.45. The molecule has 1 atom stereocenters. The zero-order chi connectivity index (χ0) is 12.2. The number of esters is 1. The van der Waals surface area contributed by atoms with E-state index in [1.54, 1.807) is 6.92 Å². The number of nitrogens with zero attached hydrogens (tertiary/aromatic N) is 1. The summed E-state index contributed by atoms with van der Waals surface area (Å²) in [5.41, 5.74) is -0.932. The summed E-state index contributed by atoms with van der Waals surface area (Å²) in [6.07, 6.45) is 1.61. The number of carbonyl (C=O) groups excluding carboxylic acids is 1. The van der Waals surface area contributed by atoms with Gasteiger partial charge in [-0.15, -0.1) is 0 Å². The van der Waals surface area contributed by atoms with Crippen LogP contribution in [0.3, 0.4) is 0 Å². The van der Waals surface area contributed by atoms with Gasteiger partial charge in [-0.2, -0.15) is 5.26 Å². The molecule has 1 unspecified atom stereocenters. The number of aliphatic hydroxyl groups excluding tert-OH is 1. The lowest BCUT2D eigenvalue weighted by molar-refractivity contribution is -0.160. The van der Waals surface area contributed by atoms with Crippen molar-refractivity contribution in [2.24, 2.45) is 11.3 Å². The molecule has 90 valence electrons. The molecule has 0 heterocycles. The number of carbonyl (C=O) groups is 1. The van der Waals surface area contributed by atoms with Crippen molar-refractivity contribution in [1.82, 2.24) is 0 Å². The Bertz CT molecular complexity index is 287. The lowest BCUT2D eigenvalue weighted by atomic mass is 9.68. The summed E-state index contributed by atoms with van der Waals surface area (Å²) in [5, 5.41) is 19.1. The van der Waals surface area contributed by atoms with Gasteiger partial charge in [0.25, 0.3) is 0 Å². The SMILES string of the molecule is CCOC(=O)C(O)C1(C#N)CCC(C)CC1. The summed E-state index contributed by atoms with van der Waals surface area (Å²) >= 11 is 0. The van der Waals surface area contributed by atoms with Crippen LogP contribution in [0.25, 0.3) is 0 Å². The Kier molecular flexibility index (Phi) is 4.31. The van der Waals surface area contributed by atoms with Crippen molar-refractivity contribution in [3.05, 3.63) is 0 Å². The predicted octanol–water partition coefficient (Wildman–Crippen LogP) is 1.63. The number of hydrogen-bond donors (Lipinski definition) is 1. The Morgan fingerprint density at radius 2 is 2.19 bits per heavy atom. The zero-order valence-corrected chi connectivity index (χ0v) is 9.90. The number of nitriles is 1. The summed E-state index contributed by atoms with van der Waals surface area (Å²) < 4.78 is 4.77. The molecule has 1 aliphatic carbocycles. The minimum absolute atomic E-state index is 0.230. The average molecular weight is 225 g/mol. The third-order valence-electron chi connectivity index (χ3n) is 3.42. The van der Waals surface area contributed by atoms with Crippen molar-refractivity contribution < 1.29 is 14.6 Å². The van der Waals surface area contributed by atoms with Gasteiger partial charge in [-0.05, 0) is 38.5 Å². The first kappa shape index (κ1) is 13.0. The molecule has 0 aromatic rings. The van der Waals surface area contributed by atoms with Gasteiger partial charge in [-0.3, -0.25) is 0 Å². The fraction of sp³-hybridized carbons (Fsp3) is 0.833. The summed E-state index contributed by atoms with van der Waals surface area (Å²) in [5.74, 6) is -0.102. The van der Waals surface area contributed by atoms with Crippen LogP contribution in [-0.2, 0) is 9.53 Å². The van der Waals surface area contributed by atoms with Crippen molar-refractivity contribution in [3.63, 3.8) is 0 Å². The van der Waals surface area contributed by atoms with Crippen LogP contribution in [0.1, 0.15) is 39.5 Å². The lowest BCUT2D eigenvalue weighted by Gasteiger charge is -2.35. The third-order valence-corrected chi connectivity index (χ3v) is 3.42. The normalized spacial score (nSPS) is 31.5. The van der Waals surface area contributed by atoms with E-state index in [1.807, 2.05) is 0 Å². The Morgan fingerprint density at radius 1 is 1.62 bits per heavy atom. The molecule has 0 amide bonds. The van der Waals surface area contributed by atoms with Crippen molar-refractivity contribution in [3.8, 4) is 6.07 Å². The largest absolute Gasteiger partial charge is 0.464 e. The van der Waals surface area contributed by atoms with Gasteiger partial charge in [0.1, 0.15) is 0 Å². The van der Waals surface area contributed by atoms with Crippen LogP contribution in [0.2, 0.25) is 0 Å². The maximum absolute atomic E-state index is 11.5. The van der Waals surface area contributed by atoms with E-state index in [1.165, 1.54) is 0 Å². The van der Waals surface area contributed by atoms with E-state index in [-0.39, 0.29) is 6.61 Å². The first-order valence-corrected chi connectivity index (χ1v) is 5.81. The van der Waals surface area contributed by atoms with Gasteiger partial charge in [-0.1, -0.05) is 6.92 Å². The average Bonchev–Trinajstić information content (AvgIpc) is 2.30. The molecular formula is C12H19NO3. The number of hydrogen-bond acceptors (Lipinski definition) is 4. The molecule has 4 nitrogen and oxygen atoms in total. The molecule has 0 spiro atoms. The van der Waals surface area contributed by atoms with E-state index in [2.05, 4.69) is 13.0 Å². The van der Waals surface area contributed by atoms with Gasteiger partial charge in [0, 0.05) is 0 Å². The highest BCUT2D eigenvalue weighted by molar-refractivity contribution is 5.76. The molecule has 1 aliphatic rings. The maximum Gasteiger partial charge on any atom is 0.336 e. The van der Waals surface area contributed by atoms with Gasteiger partial charge in [-0.25, -0.2) is 4.79 Å². The maximum atomic E-state index is 11.5. The van der Waals surface area contributed by atoms with Gasteiger partial charge in [0.15, 0.2) is 6.10 Å². The highest BCUT2D eigenvalue weighted by Crippen LogP contribution is 2.41. The molecule has 0 aliphatic heterocycles. The first-order chi connectivity index (χ1) is 7.55. The van der Waals surface area contributed by atoms with Crippen LogP contribution in [0, 0.1) is 22.7 Å². The molecule has 1 rings (SSSR count). The molecule has 0 aromatic carbocycles. The van der Waals surface area contributed by atoms with Gasteiger partial charge in [0.2, 0.25) is 0 Å². The quantitative estimate of drug-likeness (QED) is 0.741. The summed E-state index contributed by atoms with van der Waals surface area (Å²) in [6, 6.07) is 2.13. The van der Waals surface area contributed by atoms with Crippen LogP contribution in [-0.4, -0.2) is 23.8 Å². The van der Waals surface area contributed by atoms with E-state index in [4.69, 9.17) is 4.74 Å². The van der Waals surface area contributed by atoms with E-state index in [9.17, 15) is 15.2 Å². The van der Waals surface area contributed by atoms with Crippen LogP contribution in [0.5, 0.6) is 0 Å². The van der Waals surface area contributed by atoms with Crippen LogP contribution < -0.4 is 0 Å². The molecule has 0 radical (unpaired) electrons. The van der Waals surface area contributed by atoms with Gasteiger partial charge < -0.3 is 9.84 Å². The Labute approximate surface area is 96.2 Å². The van der Waals surface area contributed by atoms with Crippen LogP contribution in [0.15, 0.2) is 0 Å². The Morgan fingerprint density at radius 3 is 2.62 bits per heavy atom. The minimum Gasteiger partial charge on any atom is -0.464 e. The molecule has 1 fully saturated rings. The molecule has 1 saturated carbocycles. The summed E-state index contributed by atoms with van der Waals surface area (Å²) in [4.78, 5) is 11.5. The number of aliphatic hydroxyl groups is 1. The van der Waals surface area contributed by atoms with Crippen molar-refractivity contribution >= 4 is 5.97 Å². The monoisotopic (exact) mass is 225 g/mol. The minimum atomic E-state index is -1.30. The fourth-order valence-electron chi connectivity index (χ4n) is 2.17. The topological polar surface area (TPSA) is 70.3 Å². The Balaban J connectivity index is 2.73. The molecule has 0 saturated heterocycles. The number of rotatable bonds is 3. The first-order valence-electron chi connectivity index (χ1n) is 5.81. The van der Waals surface area contributed by atoms with Crippen molar-refractivity contribution in [2.45, 2.75) is 45.6 Å². The van der Waals surface area contributed by atoms with Gasteiger partial charge in [0.05, 0.1) is 18.1 Å². The number of ether oxygens (including phenoxy) is 1. The summed E-state index contributed by atoms with van der Waals surface area (Å²) in [6.45, 7) is 4.04. The van der Waals surface area contributed by atoms with E-state index in [0.29, 0.717) is 18.8 Å². The standard InChI is InChI=1S/C12H19NO3/c1-3-16-11(15)10(14)12(8-13)6-4-9(2)5-7-12/h9-10,14H,3-7H2,1-2H3. The second-order valence-corrected chi connectivity index (χ2v) is 4.61. The molecule has 4 heteroatoms. The van der Waals surface area contributed by atoms with Crippen LogP contribution in [0.4, 0.5) is 0 Å². The van der Waals surface area contributed by atoms with E-state index < -0.39 is 17.5 Å². The third kappa shape index (κ3) is 2.53. The van der Waals surface area contributed by atoms with Crippen molar-refractivity contribution in [1.29, 1.82) is 5.26 Å². The fourth-order valence-corrected chi connectivity index (χ4v) is 2.17. The van der Waals surface area contributed by atoms with Crippen LogP contribution >= 0.6 is 0 Å². The van der Waals surface area contributed by atoms with Gasteiger partial charge >= 0.3 is 5.97 Å². The second kappa shape index (κ2) is 5.31. The summed E-state index contributed by atoms with van der Waals surface area (Å²) in [7, 11) is 0. The highest BCUT2D eigenvalue weighted by atomic mass is 16.5. The molecule has 0 bridgehead atoms. The van der Waals surface area contributed by atoms with Crippen molar-refractivity contribution in [2.75, 3.05) is 6.61 Å². The second-order valence-electron chi connectivity index (χ2n) is 4.61. The molecule has 0 aromatic heterocycles. The lowest BCUT2D eigenvalue weighted by Crippen LogP contribution is -2.43. The zero-order valence-electron chi connectivity index (χ0n) is 9.90. The molecular weight excluding hydrogens is 206 g/mol. The Hall–Kier alpha value is -1.08. The van der Waals surface area contributed by atoms with E-state index >= 15 is 0 Å². The molecule has 1 N–H and O–H groups in total. The predicted molar refractivity (Wildman–Crippen MR) is 58.3 cm³/mol. The molecule has 16 heavy (non-hydrogen) atoms.